The van der Waals surface area contributed by atoms with Crippen LogP contribution in [0.15, 0.2) is 51.9 Å². The van der Waals surface area contributed by atoms with Crippen molar-refractivity contribution in [1.29, 1.82) is 0 Å². The number of unbranched alkanes of at least 4 members (excludes halogenated alkanes) is 1. The van der Waals surface area contributed by atoms with Crippen molar-refractivity contribution in [2.45, 2.75) is 12.8 Å². The van der Waals surface area contributed by atoms with Gasteiger partial charge in [-0.25, -0.2) is 0 Å². The van der Waals surface area contributed by atoms with Gasteiger partial charge in [0.1, 0.15) is 17.6 Å². The van der Waals surface area contributed by atoms with E-state index in [1.54, 1.807) is 30.3 Å². The van der Waals surface area contributed by atoms with Gasteiger partial charge >= 0.3 is 0 Å². The minimum atomic E-state index is -0.136. The van der Waals surface area contributed by atoms with Gasteiger partial charge in [0.2, 0.25) is 5.43 Å². The van der Waals surface area contributed by atoms with Crippen molar-refractivity contribution < 1.29 is 9.15 Å². The van der Waals surface area contributed by atoms with Gasteiger partial charge < -0.3 is 19.4 Å². The van der Waals surface area contributed by atoms with Gasteiger partial charge in [-0.3, -0.25) is 4.79 Å². The maximum atomic E-state index is 12.9. The molecule has 0 amide bonds. The summed E-state index contributed by atoms with van der Waals surface area (Å²) in [4.78, 5) is 15.4. The Morgan fingerprint density at radius 1 is 1.03 bits per heavy atom. The summed E-state index contributed by atoms with van der Waals surface area (Å²) in [5, 5.41) is 4.78. The topological polar surface area (TPSA) is 54.7 Å². The van der Waals surface area contributed by atoms with Gasteiger partial charge in [0.15, 0.2) is 0 Å². The highest BCUT2D eigenvalue weighted by Crippen LogP contribution is 2.30. The second kappa shape index (κ2) is 9.84. The zero-order chi connectivity index (χ0) is 20.9. The molecule has 1 aromatic heterocycles. The van der Waals surface area contributed by atoms with E-state index in [0.29, 0.717) is 44.5 Å². The highest BCUT2D eigenvalue weighted by Gasteiger charge is 2.13. The van der Waals surface area contributed by atoms with E-state index in [9.17, 15) is 4.79 Å². The maximum absolute atomic E-state index is 12.9. The summed E-state index contributed by atoms with van der Waals surface area (Å²) in [6.45, 7) is 6.13. The number of benzene rings is 2. The van der Waals surface area contributed by atoms with E-state index in [1.165, 1.54) is 6.26 Å². The van der Waals surface area contributed by atoms with Gasteiger partial charge in [0.05, 0.1) is 22.6 Å². The standard InChI is InChI=1S/C23H24Cl2N2O3/c24-16-3-5-18(21(25)13-16)20-15-30-22-14-17(4-6-19(22)23(20)28)29-12-2-1-9-27-10-7-26-8-11-27/h3-6,13-15,26H,1-2,7-12H2. The van der Waals surface area contributed by atoms with E-state index in [2.05, 4.69) is 10.2 Å². The van der Waals surface area contributed by atoms with Gasteiger partial charge in [0, 0.05) is 42.8 Å². The molecule has 0 aliphatic carbocycles. The van der Waals surface area contributed by atoms with E-state index in [1.807, 2.05) is 6.07 Å². The molecule has 0 saturated carbocycles. The van der Waals surface area contributed by atoms with Crippen LogP contribution in [0.4, 0.5) is 0 Å². The van der Waals surface area contributed by atoms with Crippen molar-refractivity contribution in [3.63, 3.8) is 0 Å². The van der Waals surface area contributed by atoms with Crippen LogP contribution in [0.2, 0.25) is 10.0 Å². The molecule has 0 spiro atoms. The van der Waals surface area contributed by atoms with Crippen molar-refractivity contribution in [3.8, 4) is 16.9 Å². The molecule has 1 N–H and O–H groups in total. The number of nitrogens with zero attached hydrogens (tertiary/aromatic N) is 1. The first-order chi connectivity index (χ1) is 14.6. The smallest absolute Gasteiger partial charge is 0.200 e. The largest absolute Gasteiger partial charge is 0.493 e. The molecule has 0 atom stereocenters. The minimum absolute atomic E-state index is 0.136. The van der Waals surface area contributed by atoms with Crippen molar-refractivity contribution in [3.05, 3.63) is 62.9 Å². The number of halogens is 2. The molecular weight excluding hydrogens is 423 g/mol. The predicted molar refractivity (Wildman–Crippen MR) is 122 cm³/mol. The Morgan fingerprint density at radius 2 is 1.87 bits per heavy atom. The molecule has 3 aromatic rings. The molecule has 2 heterocycles. The molecule has 4 rings (SSSR count). The fourth-order valence-electron chi connectivity index (χ4n) is 3.65. The monoisotopic (exact) mass is 446 g/mol. The van der Waals surface area contributed by atoms with Crippen LogP contribution in [-0.2, 0) is 0 Å². The average molecular weight is 447 g/mol. The second-order valence-corrected chi connectivity index (χ2v) is 8.25. The number of ether oxygens (including phenoxy) is 1. The van der Waals surface area contributed by atoms with Crippen LogP contribution >= 0.6 is 23.2 Å². The molecule has 0 bridgehead atoms. The number of piperazine rings is 1. The van der Waals surface area contributed by atoms with Gasteiger partial charge in [-0.1, -0.05) is 29.3 Å². The molecule has 1 fully saturated rings. The maximum Gasteiger partial charge on any atom is 0.200 e. The molecular formula is C23H24Cl2N2O3. The first-order valence-corrected chi connectivity index (χ1v) is 10.9. The lowest BCUT2D eigenvalue weighted by atomic mass is 10.1. The lowest BCUT2D eigenvalue weighted by Gasteiger charge is -2.26. The quantitative estimate of drug-likeness (QED) is 0.526. The normalized spacial score (nSPS) is 14.9. The number of hydrogen-bond donors (Lipinski definition) is 1. The minimum Gasteiger partial charge on any atom is -0.493 e. The van der Waals surface area contributed by atoms with E-state index >= 15 is 0 Å². The molecule has 5 nitrogen and oxygen atoms in total. The van der Waals surface area contributed by atoms with E-state index in [4.69, 9.17) is 32.4 Å². The summed E-state index contributed by atoms with van der Waals surface area (Å²) in [5.41, 5.74) is 1.36. The van der Waals surface area contributed by atoms with Gasteiger partial charge in [0.25, 0.3) is 0 Å². The van der Waals surface area contributed by atoms with Crippen molar-refractivity contribution in [2.75, 3.05) is 39.3 Å². The highest BCUT2D eigenvalue weighted by atomic mass is 35.5. The van der Waals surface area contributed by atoms with Crippen LogP contribution in [-0.4, -0.2) is 44.2 Å². The van der Waals surface area contributed by atoms with Crippen molar-refractivity contribution in [1.82, 2.24) is 10.2 Å². The Labute approximate surface area is 185 Å². The first kappa shape index (κ1) is 21.2. The van der Waals surface area contributed by atoms with Gasteiger partial charge in [-0.05, 0) is 43.7 Å². The van der Waals surface area contributed by atoms with E-state index < -0.39 is 0 Å². The predicted octanol–water partition coefficient (Wildman–Crippen LogP) is 4.83. The summed E-state index contributed by atoms with van der Waals surface area (Å²) in [5.74, 6) is 0.699. The molecule has 1 aliphatic rings. The van der Waals surface area contributed by atoms with Crippen molar-refractivity contribution in [2.24, 2.45) is 0 Å². The van der Waals surface area contributed by atoms with Crippen LogP contribution in [0, 0.1) is 0 Å². The van der Waals surface area contributed by atoms with E-state index in [0.717, 1.165) is 45.6 Å². The van der Waals surface area contributed by atoms with Crippen LogP contribution in [0.25, 0.3) is 22.1 Å². The molecule has 0 unspecified atom stereocenters. The average Bonchev–Trinajstić information content (AvgIpc) is 2.75. The SMILES string of the molecule is O=c1c(-c2ccc(Cl)cc2Cl)coc2cc(OCCCCN3CCNCC3)ccc12. The van der Waals surface area contributed by atoms with E-state index in [-0.39, 0.29) is 5.43 Å². The van der Waals surface area contributed by atoms with Crippen LogP contribution in [0.3, 0.4) is 0 Å². The third kappa shape index (κ3) is 4.98. The fourth-order valence-corrected chi connectivity index (χ4v) is 4.16. The number of rotatable bonds is 7. The third-order valence-electron chi connectivity index (χ3n) is 5.31. The van der Waals surface area contributed by atoms with Crippen molar-refractivity contribution >= 4 is 34.2 Å². The Hall–Kier alpha value is -2.05. The van der Waals surface area contributed by atoms with Crippen LogP contribution in [0.5, 0.6) is 5.75 Å². The molecule has 1 saturated heterocycles. The van der Waals surface area contributed by atoms with Gasteiger partial charge in [-0.15, -0.1) is 0 Å². The van der Waals surface area contributed by atoms with Crippen LogP contribution < -0.4 is 15.5 Å². The number of nitrogens with one attached hydrogen (secondary N) is 1. The molecule has 30 heavy (non-hydrogen) atoms. The Balaban J connectivity index is 1.40. The Kier molecular flexibility index (Phi) is 6.95. The highest BCUT2D eigenvalue weighted by molar-refractivity contribution is 6.36. The zero-order valence-corrected chi connectivity index (χ0v) is 18.1. The Morgan fingerprint density at radius 3 is 2.67 bits per heavy atom. The van der Waals surface area contributed by atoms with Gasteiger partial charge in [-0.2, -0.15) is 0 Å². The summed E-state index contributed by atoms with van der Waals surface area (Å²) in [6.07, 6.45) is 3.53. The molecule has 7 heteroatoms. The molecule has 0 radical (unpaired) electrons. The molecule has 158 valence electrons. The summed E-state index contributed by atoms with van der Waals surface area (Å²) in [6, 6.07) is 10.3. The third-order valence-corrected chi connectivity index (χ3v) is 5.86. The second-order valence-electron chi connectivity index (χ2n) is 7.41. The first-order valence-electron chi connectivity index (χ1n) is 10.2. The zero-order valence-electron chi connectivity index (χ0n) is 16.6. The fraction of sp³-hybridized carbons (Fsp3) is 0.348. The van der Waals surface area contributed by atoms with Crippen LogP contribution in [0.1, 0.15) is 12.8 Å². The summed E-state index contributed by atoms with van der Waals surface area (Å²) >= 11 is 12.2. The molecule has 1 aliphatic heterocycles. The lowest BCUT2D eigenvalue weighted by Crippen LogP contribution is -2.43. The summed E-state index contributed by atoms with van der Waals surface area (Å²) in [7, 11) is 0. The number of hydrogen-bond acceptors (Lipinski definition) is 5. The number of fused-ring (bicyclic) bond motifs is 1. The summed E-state index contributed by atoms with van der Waals surface area (Å²) < 4.78 is 11.6. The Bertz CT molecular complexity index is 1080. The lowest BCUT2D eigenvalue weighted by molar-refractivity contribution is 0.226. The molecule has 2 aromatic carbocycles.